The Morgan fingerprint density at radius 3 is 2.66 bits per heavy atom. The second-order valence-corrected chi connectivity index (χ2v) is 9.43. The normalized spacial score (nSPS) is 22.5. The number of hydrogen-bond acceptors (Lipinski definition) is 5. The number of piperidine rings is 1. The van der Waals surface area contributed by atoms with Crippen LogP contribution in [0.5, 0.6) is 0 Å². The van der Waals surface area contributed by atoms with Crippen molar-refractivity contribution in [3.05, 3.63) is 40.8 Å². The molecule has 4 amide bonds. The molecule has 9 heteroatoms. The maximum Gasteiger partial charge on any atom is 0.270 e. The van der Waals surface area contributed by atoms with Crippen LogP contribution in [0.4, 0.5) is 0 Å². The number of H-pyrrole nitrogens is 1. The molecule has 3 heterocycles. The quantitative estimate of drug-likeness (QED) is 0.582. The molecule has 0 aromatic carbocycles. The van der Waals surface area contributed by atoms with Crippen molar-refractivity contribution in [3.8, 4) is 0 Å². The lowest BCUT2D eigenvalue weighted by Gasteiger charge is -2.29. The van der Waals surface area contributed by atoms with Crippen LogP contribution in [0.15, 0.2) is 29.5 Å². The molecule has 1 saturated carbocycles. The molecule has 2 aliphatic heterocycles. The number of hydrogen-bond donors (Lipinski definition) is 3. The van der Waals surface area contributed by atoms with E-state index < -0.39 is 17.5 Å². The molecule has 0 bridgehead atoms. The number of nitrogens with one attached hydrogen (secondary N) is 3. The third kappa shape index (κ3) is 4.24. The maximum atomic E-state index is 13.0. The van der Waals surface area contributed by atoms with Gasteiger partial charge in [0.1, 0.15) is 11.7 Å². The van der Waals surface area contributed by atoms with Crippen LogP contribution in [0.1, 0.15) is 74.8 Å². The first kappa shape index (κ1) is 22.0. The predicted octanol–water partition coefficient (Wildman–Crippen LogP) is 1.71. The number of nitrogens with zero attached hydrogens (tertiary/aromatic N) is 2. The third-order valence-corrected chi connectivity index (χ3v) is 6.49. The monoisotopic (exact) mass is 439 g/mol. The summed E-state index contributed by atoms with van der Waals surface area (Å²) in [6, 6.07) is -0.640. The lowest BCUT2D eigenvalue weighted by Crippen LogP contribution is -2.53. The van der Waals surface area contributed by atoms with E-state index >= 15 is 0 Å². The number of carbonyl (C=O) groups is 4. The molecular formula is C23H29N5O4. The Bertz CT molecular complexity index is 1030. The zero-order valence-corrected chi connectivity index (χ0v) is 18.7. The summed E-state index contributed by atoms with van der Waals surface area (Å²) in [7, 11) is 0. The second kappa shape index (κ2) is 8.37. The molecule has 0 spiro atoms. The highest BCUT2D eigenvalue weighted by molar-refractivity contribution is 6.06. The molecule has 1 aromatic rings. The highest BCUT2D eigenvalue weighted by Crippen LogP contribution is 2.37. The molecule has 1 aliphatic carbocycles. The fourth-order valence-corrected chi connectivity index (χ4v) is 4.39. The summed E-state index contributed by atoms with van der Waals surface area (Å²) in [5.41, 5.74) is 2.09. The summed E-state index contributed by atoms with van der Waals surface area (Å²) in [4.78, 5) is 50.9. The number of amides is 4. The van der Waals surface area contributed by atoms with E-state index in [4.69, 9.17) is 0 Å². The Balaban J connectivity index is 1.42. The van der Waals surface area contributed by atoms with Gasteiger partial charge >= 0.3 is 0 Å². The molecule has 4 rings (SSSR count). The summed E-state index contributed by atoms with van der Waals surface area (Å²) in [5.74, 6) is -0.820. The number of carbonyl (C=O) groups excluding carboxylic acids is 4. The zero-order chi connectivity index (χ0) is 23.0. The van der Waals surface area contributed by atoms with Gasteiger partial charge in [-0.05, 0) is 51.5 Å². The van der Waals surface area contributed by atoms with E-state index in [0.717, 1.165) is 24.0 Å². The summed E-state index contributed by atoms with van der Waals surface area (Å²) in [6.45, 7) is 5.91. The Hall–Kier alpha value is -3.23. The summed E-state index contributed by atoms with van der Waals surface area (Å²) < 4.78 is 0. The Morgan fingerprint density at radius 1 is 1.25 bits per heavy atom. The Labute approximate surface area is 186 Å². The Morgan fingerprint density at radius 2 is 2.00 bits per heavy atom. The molecule has 1 saturated heterocycles. The van der Waals surface area contributed by atoms with Crippen LogP contribution in [0, 0.1) is 0 Å². The van der Waals surface area contributed by atoms with Gasteiger partial charge in [0.05, 0.1) is 11.7 Å². The maximum absolute atomic E-state index is 13.0. The second-order valence-electron chi connectivity index (χ2n) is 9.43. The minimum atomic E-state index is -0.714. The molecule has 3 N–H and O–H groups in total. The van der Waals surface area contributed by atoms with Crippen LogP contribution in [-0.4, -0.2) is 56.9 Å². The highest BCUT2D eigenvalue weighted by atomic mass is 16.2. The molecule has 1 unspecified atom stereocenters. The van der Waals surface area contributed by atoms with Crippen molar-refractivity contribution >= 4 is 23.6 Å². The first-order valence-electron chi connectivity index (χ1n) is 11.1. The van der Waals surface area contributed by atoms with Gasteiger partial charge in [0.2, 0.25) is 11.8 Å². The SMILES string of the molecule is CC1=C(/C=C\C(C)(C)NC(=O)c2[nH]ncc2C2CCC2)C(=O)N(C2CCC(=O)NC2=O)C1. The molecular weight excluding hydrogens is 410 g/mol. The first-order valence-corrected chi connectivity index (χ1v) is 11.1. The van der Waals surface area contributed by atoms with Gasteiger partial charge in [0.15, 0.2) is 0 Å². The number of aromatic amines is 1. The van der Waals surface area contributed by atoms with E-state index in [-0.39, 0.29) is 24.1 Å². The summed E-state index contributed by atoms with van der Waals surface area (Å²) in [6.07, 6.45) is 9.10. The van der Waals surface area contributed by atoms with Gasteiger partial charge in [-0.1, -0.05) is 18.6 Å². The number of rotatable bonds is 6. The van der Waals surface area contributed by atoms with Gasteiger partial charge in [-0.3, -0.25) is 29.6 Å². The average molecular weight is 440 g/mol. The topological polar surface area (TPSA) is 124 Å². The van der Waals surface area contributed by atoms with Gasteiger partial charge in [-0.2, -0.15) is 5.10 Å². The smallest absolute Gasteiger partial charge is 0.270 e. The molecule has 32 heavy (non-hydrogen) atoms. The summed E-state index contributed by atoms with van der Waals surface area (Å²) >= 11 is 0. The van der Waals surface area contributed by atoms with Gasteiger partial charge in [-0.25, -0.2) is 0 Å². The standard InChI is InChI=1S/C23H29N5O4/c1-13-12-28(17-7-8-18(29)25-20(17)30)22(32)15(13)9-10-23(2,3)26-21(31)19-16(11-24-27-19)14-5-4-6-14/h9-11,14,17H,4-8,12H2,1-3H3,(H,24,27)(H,26,31)(H,25,29,30)/b10-9-. The lowest BCUT2D eigenvalue weighted by molar-refractivity contribution is -0.142. The van der Waals surface area contributed by atoms with E-state index in [0.29, 0.717) is 30.2 Å². The van der Waals surface area contributed by atoms with E-state index in [1.807, 2.05) is 20.8 Å². The minimum absolute atomic E-state index is 0.222. The zero-order valence-electron chi connectivity index (χ0n) is 18.7. The van der Waals surface area contributed by atoms with Gasteiger partial charge in [0, 0.05) is 24.1 Å². The van der Waals surface area contributed by atoms with Crippen LogP contribution in [0.3, 0.4) is 0 Å². The third-order valence-electron chi connectivity index (χ3n) is 6.49. The van der Waals surface area contributed by atoms with E-state index in [1.54, 1.807) is 18.3 Å². The van der Waals surface area contributed by atoms with Gasteiger partial charge in [0.25, 0.3) is 11.8 Å². The van der Waals surface area contributed by atoms with E-state index in [2.05, 4.69) is 20.8 Å². The van der Waals surface area contributed by atoms with Crippen molar-refractivity contribution in [1.29, 1.82) is 0 Å². The molecule has 1 aromatic heterocycles. The van der Waals surface area contributed by atoms with Gasteiger partial charge < -0.3 is 10.2 Å². The fraction of sp³-hybridized carbons (Fsp3) is 0.522. The lowest BCUT2D eigenvalue weighted by atomic mass is 9.80. The number of aromatic nitrogens is 2. The molecule has 2 fully saturated rings. The largest absolute Gasteiger partial charge is 0.342 e. The van der Waals surface area contributed by atoms with Crippen molar-refractivity contribution in [2.75, 3.05) is 6.54 Å². The van der Waals surface area contributed by atoms with Crippen LogP contribution in [-0.2, 0) is 14.4 Å². The molecule has 1 atom stereocenters. The van der Waals surface area contributed by atoms with E-state index in [9.17, 15) is 19.2 Å². The first-order chi connectivity index (χ1) is 15.2. The average Bonchev–Trinajstić information content (AvgIpc) is 3.24. The summed E-state index contributed by atoms with van der Waals surface area (Å²) in [5, 5.41) is 12.2. The minimum Gasteiger partial charge on any atom is -0.342 e. The van der Waals surface area contributed by atoms with Crippen LogP contribution >= 0.6 is 0 Å². The number of imide groups is 1. The van der Waals surface area contributed by atoms with Crippen LogP contribution < -0.4 is 10.6 Å². The van der Waals surface area contributed by atoms with Crippen molar-refractivity contribution in [2.45, 2.75) is 70.4 Å². The van der Waals surface area contributed by atoms with Crippen LogP contribution in [0.2, 0.25) is 0 Å². The van der Waals surface area contributed by atoms with E-state index in [1.165, 1.54) is 11.3 Å². The highest BCUT2D eigenvalue weighted by Gasteiger charge is 2.39. The Kier molecular flexibility index (Phi) is 5.75. The van der Waals surface area contributed by atoms with Crippen molar-refractivity contribution in [1.82, 2.24) is 25.7 Å². The van der Waals surface area contributed by atoms with Crippen molar-refractivity contribution in [2.24, 2.45) is 0 Å². The van der Waals surface area contributed by atoms with Gasteiger partial charge in [-0.15, -0.1) is 0 Å². The van der Waals surface area contributed by atoms with Crippen molar-refractivity contribution < 1.29 is 19.2 Å². The van der Waals surface area contributed by atoms with Crippen molar-refractivity contribution in [3.63, 3.8) is 0 Å². The molecule has 9 nitrogen and oxygen atoms in total. The fourth-order valence-electron chi connectivity index (χ4n) is 4.39. The molecule has 3 aliphatic rings. The molecule has 170 valence electrons. The molecule has 0 radical (unpaired) electrons. The van der Waals surface area contributed by atoms with Crippen LogP contribution in [0.25, 0.3) is 0 Å². The predicted molar refractivity (Wildman–Crippen MR) is 116 cm³/mol.